The molecule has 0 bridgehead atoms. The predicted molar refractivity (Wildman–Crippen MR) is 48.1 cm³/mol. The van der Waals surface area contributed by atoms with E-state index in [2.05, 4.69) is 12.2 Å². The molecule has 1 heterocycles. The van der Waals surface area contributed by atoms with Crippen molar-refractivity contribution in [2.75, 3.05) is 33.7 Å². The summed E-state index contributed by atoms with van der Waals surface area (Å²) in [5, 5.41) is 3.25. The summed E-state index contributed by atoms with van der Waals surface area (Å²) in [6.07, 6.45) is 0. The monoisotopic (exact) mass is 171 g/mol. The quantitative estimate of drug-likeness (QED) is 0.555. The van der Waals surface area contributed by atoms with Crippen LogP contribution in [0.25, 0.3) is 0 Å². The van der Waals surface area contributed by atoms with Gasteiger partial charge >= 0.3 is 6.03 Å². The molecule has 1 saturated heterocycles. The van der Waals surface area contributed by atoms with Crippen molar-refractivity contribution in [2.24, 2.45) is 0 Å². The highest BCUT2D eigenvalue weighted by atomic mass is 16.2. The number of urea groups is 1. The second-order valence-corrected chi connectivity index (χ2v) is 3.42. The third-order valence-electron chi connectivity index (χ3n) is 2.13. The maximum atomic E-state index is 11.5. The molecule has 70 valence electrons. The van der Waals surface area contributed by atoms with Gasteiger partial charge in [0.25, 0.3) is 0 Å². The van der Waals surface area contributed by atoms with E-state index in [1.54, 1.807) is 19.0 Å². The fourth-order valence-electron chi connectivity index (χ4n) is 1.38. The summed E-state index contributed by atoms with van der Waals surface area (Å²) in [7, 11) is 3.58. The average molecular weight is 171 g/mol. The van der Waals surface area contributed by atoms with E-state index in [1.165, 1.54) is 0 Å². The van der Waals surface area contributed by atoms with E-state index >= 15 is 0 Å². The molecule has 0 saturated carbocycles. The van der Waals surface area contributed by atoms with E-state index in [9.17, 15) is 4.79 Å². The van der Waals surface area contributed by atoms with Gasteiger partial charge in [-0.25, -0.2) is 4.79 Å². The lowest BCUT2D eigenvalue weighted by atomic mass is 10.2. The Bertz CT molecular complexity index is 170. The maximum Gasteiger partial charge on any atom is 0.319 e. The van der Waals surface area contributed by atoms with Gasteiger partial charge in [-0.2, -0.15) is 0 Å². The van der Waals surface area contributed by atoms with E-state index < -0.39 is 0 Å². The molecule has 1 aliphatic rings. The second kappa shape index (κ2) is 3.76. The van der Waals surface area contributed by atoms with Gasteiger partial charge in [-0.1, -0.05) is 0 Å². The van der Waals surface area contributed by atoms with E-state index in [0.717, 1.165) is 19.6 Å². The third kappa shape index (κ3) is 1.88. The molecule has 1 N–H and O–H groups in total. The van der Waals surface area contributed by atoms with Crippen LogP contribution in [0.1, 0.15) is 6.92 Å². The van der Waals surface area contributed by atoms with Crippen LogP contribution in [-0.4, -0.2) is 55.6 Å². The second-order valence-electron chi connectivity index (χ2n) is 3.42. The summed E-state index contributed by atoms with van der Waals surface area (Å²) in [6.45, 7) is 4.69. The zero-order valence-electron chi connectivity index (χ0n) is 8.00. The van der Waals surface area contributed by atoms with Crippen molar-refractivity contribution in [2.45, 2.75) is 13.0 Å². The van der Waals surface area contributed by atoms with Crippen molar-refractivity contribution in [1.82, 2.24) is 15.1 Å². The van der Waals surface area contributed by atoms with Crippen molar-refractivity contribution in [3.63, 3.8) is 0 Å². The van der Waals surface area contributed by atoms with E-state index in [0.29, 0.717) is 6.04 Å². The Kier molecular flexibility index (Phi) is 2.92. The van der Waals surface area contributed by atoms with Gasteiger partial charge in [0.1, 0.15) is 0 Å². The summed E-state index contributed by atoms with van der Waals surface area (Å²) in [6, 6.07) is 0.428. The smallest absolute Gasteiger partial charge is 0.319 e. The van der Waals surface area contributed by atoms with Gasteiger partial charge in [0.15, 0.2) is 0 Å². The van der Waals surface area contributed by atoms with E-state index in [4.69, 9.17) is 0 Å². The van der Waals surface area contributed by atoms with E-state index in [1.807, 2.05) is 4.90 Å². The molecule has 1 aliphatic heterocycles. The van der Waals surface area contributed by atoms with Crippen molar-refractivity contribution in [3.8, 4) is 0 Å². The number of piperazine rings is 1. The summed E-state index contributed by atoms with van der Waals surface area (Å²) < 4.78 is 0. The van der Waals surface area contributed by atoms with Gasteiger partial charge in [0.2, 0.25) is 0 Å². The van der Waals surface area contributed by atoms with Crippen LogP contribution in [0.2, 0.25) is 0 Å². The minimum absolute atomic E-state index is 0.115. The van der Waals surface area contributed by atoms with Gasteiger partial charge in [-0.3, -0.25) is 0 Å². The molecule has 0 unspecified atom stereocenters. The summed E-state index contributed by atoms with van der Waals surface area (Å²) in [5.74, 6) is 0. The summed E-state index contributed by atoms with van der Waals surface area (Å²) in [4.78, 5) is 15.1. The first-order valence-corrected chi connectivity index (χ1v) is 4.31. The summed E-state index contributed by atoms with van der Waals surface area (Å²) >= 11 is 0. The van der Waals surface area contributed by atoms with Crippen LogP contribution >= 0.6 is 0 Å². The van der Waals surface area contributed by atoms with Crippen molar-refractivity contribution in [1.29, 1.82) is 0 Å². The van der Waals surface area contributed by atoms with Crippen LogP contribution in [0.3, 0.4) is 0 Å². The molecule has 4 nitrogen and oxygen atoms in total. The molecular formula is C8H17N3O. The maximum absolute atomic E-state index is 11.5. The van der Waals surface area contributed by atoms with Crippen molar-refractivity contribution in [3.05, 3.63) is 0 Å². The first-order valence-electron chi connectivity index (χ1n) is 4.31. The molecule has 12 heavy (non-hydrogen) atoms. The topological polar surface area (TPSA) is 35.6 Å². The number of rotatable bonds is 0. The molecule has 2 amide bonds. The van der Waals surface area contributed by atoms with Crippen LogP contribution < -0.4 is 5.32 Å². The highest BCUT2D eigenvalue weighted by Crippen LogP contribution is 2.04. The Balaban J connectivity index is 2.53. The minimum Gasteiger partial charge on any atom is -0.331 e. The number of hydrogen-bond donors (Lipinski definition) is 1. The Labute approximate surface area is 73.5 Å². The fraction of sp³-hybridized carbons (Fsp3) is 0.875. The van der Waals surface area contributed by atoms with Gasteiger partial charge in [-0.15, -0.1) is 0 Å². The number of carbonyl (C=O) groups excluding carboxylic acids is 1. The molecular weight excluding hydrogens is 154 g/mol. The first kappa shape index (κ1) is 9.32. The first-order chi connectivity index (χ1) is 5.63. The van der Waals surface area contributed by atoms with Gasteiger partial charge in [0, 0.05) is 39.8 Å². The number of nitrogens with zero attached hydrogens (tertiary/aromatic N) is 2. The van der Waals surface area contributed by atoms with Crippen LogP contribution in [0.5, 0.6) is 0 Å². The number of carbonyl (C=O) groups is 1. The number of amides is 2. The molecule has 0 spiro atoms. The average Bonchev–Trinajstić information content (AvgIpc) is 2.04. The fourth-order valence-corrected chi connectivity index (χ4v) is 1.38. The Morgan fingerprint density at radius 3 is 2.75 bits per heavy atom. The third-order valence-corrected chi connectivity index (χ3v) is 2.13. The molecule has 0 aromatic rings. The SMILES string of the molecule is C[C@H]1CNCCN1C(=O)N(C)C. The molecule has 0 aromatic carbocycles. The molecule has 0 radical (unpaired) electrons. The van der Waals surface area contributed by atoms with Gasteiger partial charge in [0.05, 0.1) is 0 Å². The molecule has 1 rings (SSSR count). The lowest BCUT2D eigenvalue weighted by Crippen LogP contribution is -2.54. The lowest BCUT2D eigenvalue weighted by molar-refractivity contribution is 0.141. The van der Waals surface area contributed by atoms with Crippen LogP contribution in [0.15, 0.2) is 0 Å². The zero-order chi connectivity index (χ0) is 9.14. The minimum atomic E-state index is 0.115. The molecule has 4 heteroatoms. The van der Waals surface area contributed by atoms with E-state index in [-0.39, 0.29) is 6.03 Å². The summed E-state index contributed by atoms with van der Waals surface area (Å²) in [5.41, 5.74) is 0. The lowest BCUT2D eigenvalue weighted by Gasteiger charge is -2.35. The van der Waals surface area contributed by atoms with Crippen LogP contribution in [-0.2, 0) is 0 Å². The molecule has 0 aromatic heterocycles. The Morgan fingerprint density at radius 1 is 1.58 bits per heavy atom. The van der Waals surface area contributed by atoms with Gasteiger partial charge in [-0.05, 0) is 6.92 Å². The predicted octanol–water partition coefficient (Wildman–Crippen LogP) is -0.0383. The van der Waals surface area contributed by atoms with Crippen molar-refractivity contribution >= 4 is 6.03 Å². The molecule has 1 fully saturated rings. The van der Waals surface area contributed by atoms with Crippen LogP contribution in [0.4, 0.5) is 4.79 Å². The Morgan fingerprint density at radius 2 is 2.25 bits per heavy atom. The molecule has 1 atom stereocenters. The normalized spacial score (nSPS) is 23.9. The highest BCUT2D eigenvalue weighted by molar-refractivity contribution is 5.74. The number of nitrogens with one attached hydrogen (secondary N) is 1. The standard InChI is InChI=1S/C8H17N3O/c1-7-6-9-4-5-11(7)8(12)10(2)3/h7,9H,4-6H2,1-3H3/t7-/m0/s1. The number of hydrogen-bond acceptors (Lipinski definition) is 2. The largest absolute Gasteiger partial charge is 0.331 e. The zero-order valence-corrected chi connectivity index (χ0v) is 8.00. The van der Waals surface area contributed by atoms with Crippen molar-refractivity contribution < 1.29 is 4.79 Å². The van der Waals surface area contributed by atoms with Crippen LogP contribution in [0, 0.1) is 0 Å². The Hall–Kier alpha value is -0.770. The molecule has 0 aliphatic carbocycles. The van der Waals surface area contributed by atoms with Gasteiger partial charge < -0.3 is 15.1 Å². The highest BCUT2D eigenvalue weighted by Gasteiger charge is 2.23.